The van der Waals surface area contributed by atoms with Crippen LogP contribution in [-0.4, -0.2) is 25.6 Å². The summed E-state index contributed by atoms with van der Waals surface area (Å²) in [4.78, 5) is 8.04. The maximum Gasteiger partial charge on any atom is 0.154 e. The Balaban J connectivity index is 1.49. The number of rotatable bonds is 3. The lowest BCUT2D eigenvalue weighted by molar-refractivity contribution is 0.360. The van der Waals surface area contributed by atoms with Gasteiger partial charge in [0.05, 0.1) is 11.9 Å². The van der Waals surface area contributed by atoms with Crippen molar-refractivity contribution in [1.29, 1.82) is 0 Å². The number of imidazole rings is 1. The van der Waals surface area contributed by atoms with Gasteiger partial charge in [-0.05, 0) is 68.9 Å². The smallest absolute Gasteiger partial charge is 0.154 e. The fourth-order valence-corrected chi connectivity index (χ4v) is 4.14. The number of nitrogens with one attached hydrogen (secondary N) is 2. The van der Waals surface area contributed by atoms with Gasteiger partial charge in [0.15, 0.2) is 5.65 Å². The molecule has 1 saturated carbocycles. The molecule has 27 heavy (non-hydrogen) atoms. The maximum atomic E-state index is 4.84. The average Bonchev–Trinajstić information content (AvgIpc) is 3.26. The van der Waals surface area contributed by atoms with Gasteiger partial charge < -0.3 is 10.3 Å². The molecular formula is C22H25N5. The van der Waals surface area contributed by atoms with Crippen molar-refractivity contribution in [3.63, 3.8) is 0 Å². The number of hydrogen-bond donors (Lipinski definition) is 2. The second-order valence-electron chi connectivity index (χ2n) is 8.01. The van der Waals surface area contributed by atoms with E-state index in [-0.39, 0.29) is 0 Å². The summed E-state index contributed by atoms with van der Waals surface area (Å²) in [6, 6.07) is 13.2. The van der Waals surface area contributed by atoms with Crippen LogP contribution in [0.5, 0.6) is 0 Å². The maximum absolute atomic E-state index is 4.84. The number of hydrogen-bond acceptors (Lipinski definition) is 3. The first-order chi connectivity index (χ1) is 13.2. The second-order valence-corrected chi connectivity index (χ2v) is 8.01. The van der Waals surface area contributed by atoms with Crippen LogP contribution in [-0.2, 0) is 0 Å². The third-order valence-electron chi connectivity index (χ3n) is 5.78. The van der Waals surface area contributed by atoms with Gasteiger partial charge in [0.25, 0.3) is 0 Å². The first-order valence-electron chi connectivity index (χ1n) is 9.87. The van der Waals surface area contributed by atoms with E-state index in [0.717, 1.165) is 34.3 Å². The van der Waals surface area contributed by atoms with E-state index in [0.29, 0.717) is 6.04 Å². The largest absolute Gasteiger partial charge is 0.366 e. The van der Waals surface area contributed by atoms with E-state index in [1.54, 1.807) is 0 Å². The van der Waals surface area contributed by atoms with E-state index < -0.39 is 0 Å². The summed E-state index contributed by atoms with van der Waals surface area (Å²) in [7, 11) is 0. The van der Waals surface area contributed by atoms with Crippen LogP contribution < -0.4 is 5.32 Å². The van der Waals surface area contributed by atoms with E-state index in [1.807, 2.05) is 22.8 Å². The van der Waals surface area contributed by atoms with Crippen LogP contribution in [0.25, 0.3) is 27.9 Å². The van der Waals surface area contributed by atoms with E-state index in [2.05, 4.69) is 53.4 Å². The number of aryl methyl sites for hydroxylation is 1. The quantitative estimate of drug-likeness (QED) is 0.530. The summed E-state index contributed by atoms with van der Waals surface area (Å²) < 4.78 is 1.94. The molecule has 5 rings (SSSR count). The predicted octanol–water partition coefficient (Wildman–Crippen LogP) is 5.18. The van der Waals surface area contributed by atoms with E-state index >= 15 is 0 Å². The highest BCUT2D eigenvalue weighted by atomic mass is 15.3. The normalized spacial score (nSPS) is 20.4. The highest BCUT2D eigenvalue weighted by Gasteiger charge is 2.19. The standard InChI is InChI=1S/C22H25N5/c1-14-3-6-17(7-4-14)24-21-9-10-22-23-13-20(27(22)26-21)19-12-16-11-15(2)5-8-18(16)25-19/h5,8-14,17,25H,3-4,6-7H2,1-2H3,(H,24,26). The number of fused-ring (bicyclic) bond motifs is 2. The second kappa shape index (κ2) is 6.41. The van der Waals surface area contributed by atoms with Gasteiger partial charge >= 0.3 is 0 Å². The Kier molecular flexibility index (Phi) is 3.88. The third kappa shape index (κ3) is 3.07. The zero-order chi connectivity index (χ0) is 18.4. The summed E-state index contributed by atoms with van der Waals surface area (Å²) in [5, 5.41) is 9.68. The van der Waals surface area contributed by atoms with Gasteiger partial charge in [-0.3, -0.25) is 0 Å². The van der Waals surface area contributed by atoms with Gasteiger partial charge in [-0.25, -0.2) is 9.50 Å². The molecule has 5 heteroatoms. The molecule has 5 nitrogen and oxygen atoms in total. The summed E-state index contributed by atoms with van der Waals surface area (Å²) in [5.74, 6) is 1.78. The van der Waals surface area contributed by atoms with Gasteiger partial charge in [-0.15, -0.1) is 5.10 Å². The minimum Gasteiger partial charge on any atom is -0.366 e. The van der Waals surface area contributed by atoms with Gasteiger partial charge in [0.2, 0.25) is 0 Å². The molecule has 1 aromatic carbocycles. The van der Waals surface area contributed by atoms with Crippen molar-refractivity contribution in [2.45, 2.75) is 45.6 Å². The van der Waals surface area contributed by atoms with E-state index in [9.17, 15) is 0 Å². The van der Waals surface area contributed by atoms with E-state index in [1.165, 1.54) is 36.6 Å². The molecule has 0 atom stereocenters. The molecule has 1 aliphatic carbocycles. The SMILES string of the molecule is Cc1ccc2[nH]c(-c3cnc4ccc(NC5CCC(C)CC5)nn34)cc2c1. The van der Waals surface area contributed by atoms with Crippen LogP contribution in [0.3, 0.4) is 0 Å². The minimum atomic E-state index is 0.522. The highest BCUT2D eigenvalue weighted by Crippen LogP contribution is 2.27. The molecule has 0 radical (unpaired) electrons. The molecule has 0 saturated heterocycles. The lowest BCUT2D eigenvalue weighted by Crippen LogP contribution is -2.25. The van der Waals surface area contributed by atoms with Gasteiger partial charge in [-0.1, -0.05) is 18.6 Å². The van der Waals surface area contributed by atoms with Crippen LogP contribution in [0.4, 0.5) is 5.82 Å². The Labute approximate surface area is 158 Å². The number of aromatic nitrogens is 4. The topological polar surface area (TPSA) is 58.0 Å². The summed E-state index contributed by atoms with van der Waals surface area (Å²) in [5.41, 5.74) is 5.29. The molecule has 0 unspecified atom stereocenters. The Morgan fingerprint density at radius 3 is 2.78 bits per heavy atom. The number of anilines is 1. The van der Waals surface area contributed by atoms with Gasteiger partial charge in [0, 0.05) is 16.9 Å². The molecule has 0 bridgehead atoms. The van der Waals surface area contributed by atoms with Crippen LogP contribution in [0.2, 0.25) is 0 Å². The molecule has 1 aliphatic rings. The number of nitrogens with zero attached hydrogens (tertiary/aromatic N) is 3. The van der Waals surface area contributed by atoms with Crippen LogP contribution in [0.1, 0.15) is 38.2 Å². The lowest BCUT2D eigenvalue weighted by Gasteiger charge is -2.27. The average molecular weight is 359 g/mol. The Morgan fingerprint density at radius 1 is 1.07 bits per heavy atom. The van der Waals surface area contributed by atoms with Crippen LogP contribution in [0.15, 0.2) is 42.6 Å². The Bertz CT molecular complexity index is 1100. The zero-order valence-electron chi connectivity index (χ0n) is 15.9. The molecule has 2 N–H and O–H groups in total. The predicted molar refractivity (Wildman–Crippen MR) is 110 cm³/mol. The summed E-state index contributed by atoms with van der Waals surface area (Å²) in [6.45, 7) is 4.46. The fourth-order valence-electron chi connectivity index (χ4n) is 4.14. The number of benzene rings is 1. The van der Waals surface area contributed by atoms with E-state index in [4.69, 9.17) is 5.10 Å². The number of aromatic amines is 1. The molecule has 1 fully saturated rings. The molecule has 0 amide bonds. The molecular weight excluding hydrogens is 334 g/mol. The molecule has 0 aliphatic heterocycles. The van der Waals surface area contributed by atoms with Crippen molar-refractivity contribution in [2.75, 3.05) is 5.32 Å². The number of H-pyrrole nitrogens is 1. The minimum absolute atomic E-state index is 0.522. The van der Waals surface area contributed by atoms with Crippen LogP contribution >= 0.6 is 0 Å². The monoisotopic (exact) mass is 359 g/mol. The Hall–Kier alpha value is -2.82. The summed E-state index contributed by atoms with van der Waals surface area (Å²) in [6.07, 6.45) is 6.93. The first-order valence-corrected chi connectivity index (χ1v) is 9.87. The third-order valence-corrected chi connectivity index (χ3v) is 5.78. The van der Waals surface area contributed by atoms with Crippen molar-refractivity contribution >= 4 is 22.4 Å². The van der Waals surface area contributed by atoms with Gasteiger partial charge in [0.1, 0.15) is 11.5 Å². The lowest BCUT2D eigenvalue weighted by atomic mass is 9.87. The molecule has 0 spiro atoms. The van der Waals surface area contributed by atoms with Gasteiger partial charge in [-0.2, -0.15) is 0 Å². The Morgan fingerprint density at radius 2 is 1.93 bits per heavy atom. The molecule has 3 heterocycles. The van der Waals surface area contributed by atoms with Crippen molar-refractivity contribution in [3.05, 3.63) is 48.2 Å². The summed E-state index contributed by atoms with van der Waals surface area (Å²) >= 11 is 0. The van der Waals surface area contributed by atoms with Crippen molar-refractivity contribution in [2.24, 2.45) is 5.92 Å². The van der Waals surface area contributed by atoms with Crippen LogP contribution in [0, 0.1) is 12.8 Å². The fraction of sp³-hybridized carbons (Fsp3) is 0.364. The zero-order valence-corrected chi connectivity index (χ0v) is 15.9. The molecule has 4 aromatic rings. The first kappa shape index (κ1) is 16.4. The highest BCUT2D eigenvalue weighted by molar-refractivity contribution is 5.86. The van der Waals surface area contributed by atoms with Crippen molar-refractivity contribution in [1.82, 2.24) is 19.6 Å². The molecule has 138 valence electrons. The van der Waals surface area contributed by atoms with Crippen molar-refractivity contribution in [3.8, 4) is 11.4 Å². The van der Waals surface area contributed by atoms with Crippen molar-refractivity contribution < 1.29 is 0 Å². The molecule has 3 aromatic heterocycles.